The molecule has 2 heterocycles. The Morgan fingerprint density at radius 2 is 2.05 bits per heavy atom. The summed E-state index contributed by atoms with van der Waals surface area (Å²) in [7, 11) is 1.57. The maximum atomic E-state index is 12.3. The molecule has 0 unspecified atom stereocenters. The Labute approximate surface area is 118 Å². The van der Waals surface area contributed by atoms with Gasteiger partial charge in [0.05, 0.1) is 6.61 Å². The molecule has 0 aliphatic heterocycles. The predicted molar refractivity (Wildman–Crippen MR) is 64.5 cm³/mol. The Hall–Kier alpha value is -0.780. The highest BCUT2D eigenvalue weighted by Gasteiger charge is 2.35. The molecule has 0 aromatic carbocycles. The molecule has 2 aromatic rings. The average molecular weight is 328 g/mol. The Kier molecular flexibility index (Phi) is 4.71. The molecule has 0 fully saturated rings. The van der Waals surface area contributed by atoms with Crippen molar-refractivity contribution < 1.29 is 17.9 Å². The van der Waals surface area contributed by atoms with Gasteiger partial charge in [0.25, 0.3) is 0 Å². The summed E-state index contributed by atoms with van der Waals surface area (Å²) in [6.07, 6.45) is -3.89. The van der Waals surface area contributed by atoms with Crippen LogP contribution in [0.4, 0.5) is 13.2 Å². The number of methoxy groups -OCH3 is 1. The average Bonchev–Trinajstić information content (AvgIpc) is 2.95. The van der Waals surface area contributed by atoms with Crippen molar-refractivity contribution in [3.05, 3.63) is 10.8 Å². The molecular weight excluding hydrogens is 321 g/mol. The van der Waals surface area contributed by atoms with Crippen molar-refractivity contribution in [1.82, 2.24) is 19.6 Å². The van der Waals surface area contributed by atoms with Gasteiger partial charge in [-0.05, 0) is 23.3 Å². The maximum absolute atomic E-state index is 12.3. The summed E-state index contributed by atoms with van der Waals surface area (Å²) in [5, 5.41) is 5.62. The van der Waals surface area contributed by atoms with Crippen molar-refractivity contribution >= 4 is 34.6 Å². The smallest absolute Gasteiger partial charge is 0.384 e. The number of hydrogen-bond acceptors (Lipinski definition) is 8. The van der Waals surface area contributed by atoms with E-state index in [1.807, 2.05) is 0 Å². The van der Waals surface area contributed by atoms with Crippen molar-refractivity contribution in [2.75, 3.05) is 13.7 Å². The van der Waals surface area contributed by atoms with E-state index in [2.05, 4.69) is 19.6 Å². The number of nitrogens with zero attached hydrogens (tertiary/aromatic N) is 4. The normalized spacial score (nSPS) is 12.0. The topological polar surface area (TPSA) is 60.8 Å². The van der Waals surface area contributed by atoms with Gasteiger partial charge in [0.15, 0.2) is 8.68 Å². The zero-order valence-electron chi connectivity index (χ0n) is 9.47. The third-order valence-electron chi connectivity index (χ3n) is 1.80. The van der Waals surface area contributed by atoms with Crippen molar-refractivity contribution in [3.8, 4) is 0 Å². The van der Waals surface area contributed by atoms with Gasteiger partial charge in [-0.15, -0.1) is 10.2 Å². The molecule has 19 heavy (non-hydrogen) atoms. The van der Waals surface area contributed by atoms with Crippen LogP contribution in [0.25, 0.3) is 0 Å². The second-order valence-electron chi connectivity index (χ2n) is 3.19. The molecule has 0 spiro atoms. The predicted octanol–water partition coefficient (Wildman–Crippen LogP) is 2.75. The molecule has 0 amide bonds. The number of rotatable bonds is 5. The maximum Gasteiger partial charge on any atom is 0.445 e. The monoisotopic (exact) mass is 328 g/mol. The van der Waals surface area contributed by atoms with Gasteiger partial charge < -0.3 is 4.74 Å². The van der Waals surface area contributed by atoms with Gasteiger partial charge in [-0.25, -0.2) is 4.98 Å². The SMILES string of the molecule is COCCc1nsc(Sc2nnc(C(F)(F)F)s2)n1. The number of alkyl halides is 3. The van der Waals surface area contributed by atoms with Gasteiger partial charge in [-0.1, -0.05) is 11.3 Å². The number of halogens is 3. The third kappa shape index (κ3) is 4.09. The lowest BCUT2D eigenvalue weighted by Gasteiger charge is -1.97. The lowest BCUT2D eigenvalue weighted by Crippen LogP contribution is -2.03. The summed E-state index contributed by atoms with van der Waals surface area (Å²) in [4.78, 5) is 4.16. The van der Waals surface area contributed by atoms with E-state index < -0.39 is 11.2 Å². The molecule has 5 nitrogen and oxygen atoms in total. The molecule has 0 aliphatic carbocycles. The van der Waals surface area contributed by atoms with E-state index in [1.165, 1.54) is 0 Å². The highest BCUT2D eigenvalue weighted by atomic mass is 32.2. The van der Waals surface area contributed by atoms with Crippen LogP contribution in [0.15, 0.2) is 8.68 Å². The minimum Gasteiger partial charge on any atom is -0.384 e. The van der Waals surface area contributed by atoms with Gasteiger partial charge in [-0.3, -0.25) is 0 Å². The first-order valence-corrected chi connectivity index (χ1v) is 7.30. The van der Waals surface area contributed by atoms with Gasteiger partial charge in [0.2, 0.25) is 5.01 Å². The van der Waals surface area contributed by atoms with Crippen molar-refractivity contribution in [3.63, 3.8) is 0 Å². The van der Waals surface area contributed by atoms with Gasteiger partial charge in [-0.2, -0.15) is 17.5 Å². The number of ether oxygens (including phenoxy) is 1. The second kappa shape index (κ2) is 6.11. The molecule has 2 rings (SSSR count). The minimum atomic E-state index is -4.46. The highest BCUT2D eigenvalue weighted by Crippen LogP contribution is 2.37. The van der Waals surface area contributed by atoms with E-state index in [0.717, 1.165) is 23.3 Å². The van der Waals surface area contributed by atoms with Crippen molar-refractivity contribution in [2.24, 2.45) is 0 Å². The molecule has 0 aliphatic rings. The molecule has 0 atom stereocenters. The van der Waals surface area contributed by atoms with E-state index in [9.17, 15) is 13.2 Å². The molecule has 11 heteroatoms. The quantitative estimate of drug-likeness (QED) is 0.841. The summed E-state index contributed by atoms with van der Waals surface area (Å²) in [6.45, 7) is 0.498. The Balaban J connectivity index is 2.01. The molecule has 0 saturated carbocycles. The lowest BCUT2D eigenvalue weighted by atomic mass is 10.4. The van der Waals surface area contributed by atoms with Crippen LogP contribution in [0, 0.1) is 0 Å². The van der Waals surface area contributed by atoms with Crippen LogP contribution in [0.3, 0.4) is 0 Å². The summed E-state index contributed by atoms with van der Waals surface area (Å²) in [5.41, 5.74) is 0. The van der Waals surface area contributed by atoms with Gasteiger partial charge in [0, 0.05) is 13.5 Å². The zero-order chi connectivity index (χ0) is 13.9. The van der Waals surface area contributed by atoms with E-state index in [1.54, 1.807) is 7.11 Å². The Bertz CT molecular complexity index is 541. The van der Waals surface area contributed by atoms with Crippen LogP contribution < -0.4 is 0 Å². The number of hydrogen-bond donors (Lipinski definition) is 0. The summed E-state index contributed by atoms with van der Waals surface area (Å²) in [6, 6.07) is 0. The Morgan fingerprint density at radius 3 is 2.68 bits per heavy atom. The summed E-state index contributed by atoms with van der Waals surface area (Å²) < 4.78 is 46.7. The minimum absolute atomic E-state index is 0.196. The van der Waals surface area contributed by atoms with Crippen LogP contribution in [-0.4, -0.2) is 33.3 Å². The van der Waals surface area contributed by atoms with Crippen LogP contribution >= 0.6 is 34.6 Å². The summed E-state index contributed by atoms with van der Waals surface area (Å²) in [5.74, 6) is 0.606. The van der Waals surface area contributed by atoms with Crippen molar-refractivity contribution in [1.29, 1.82) is 0 Å². The fraction of sp³-hybridized carbons (Fsp3) is 0.500. The molecule has 0 radical (unpaired) electrons. The first-order valence-electron chi connectivity index (χ1n) is 4.89. The van der Waals surface area contributed by atoms with Crippen molar-refractivity contribution in [2.45, 2.75) is 21.3 Å². The number of aromatic nitrogens is 4. The molecule has 0 bridgehead atoms. The second-order valence-corrected chi connectivity index (χ2v) is 6.42. The molecular formula is C8H7F3N4OS3. The zero-order valence-corrected chi connectivity index (χ0v) is 11.9. The van der Waals surface area contributed by atoms with Crippen LogP contribution in [-0.2, 0) is 17.3 Å². The van der Waals surface area contributed by atoms with Gasteiger partial charge in [0.1, 0.15) is 5.82 Å². The first kappa shape index (κ1) is 14.6. The highest BCUT2D eigenvalue weighted by molar-refractivity contribution is 8.02. The van der Waals surface area contributed by atoms with E-state index in [0.29, 0.717) is 34.5 Å². The fourth-order valence-electron chi connectivity index (χ4n) is 1.01. The van der Waals surface area contributed by atoms with Crippen LogP contribution in [0.2, 0.25) is 0 Å². The largest absolute Gasteiger partial charge is 0.445 e. The third-order valence-corrected chi connectivity index (χ3v) is 4.61. The Morgan fingerprint density at radius 1 is 1.26 bits per heavy atom. The molecule has 104 valence electrons. The summed E-state index contributed by atoms with van der Waals surface area (Å²) >= 11 is 2.64. The molecule has 0 saturated heterocycles. The fourth-order valence-corrected chi connectivity index (χ4v) is 3.60. The van der Waals surface area contributed by atoms with Crippen LogP contribution in [0.1, 0.15) is 10.8 Å². The van der Waals surface area contributed by atoms with Crippen LogP contribution in [0.5, 0.6) is 0 Å². The van der Waals surface area contributed by atoms with Gasteiger partial charge >= 0.3 is 6.18 Å². The van der Waals surface area contributed by atoms with E-state index in [-0.39, 0.29) is 4.34 Å². The molecule has 2 aromatic heterocycles. The molecule has 0 N–H and O–H groups in total. The van der Waals surface area contributed by atoms with E-state index in [4.69, 9.17) is 4.74 Å². The lowest BCUT2D eigenvalue weighted by molar-refractivity contribution is -0.138. The standard InChI is InChI=1S/C8H7F3N4OS3/c1-16-3-2-4-12-6(19-15-4)18-7-14-13-5(17-7)8(9,10)11/h2-3H2,1H3. The van der Waals surface area contributed by atoms with E-state index >= 15 is 0 Å². The first-order chi connectivity index (χ1) is 8.99.